The summed E-state index contributed by atoms with van der Waals surface area (Å²) >= 11 is 0. The minimum atomic E-state index is -4.53. The predicted octanol–water partition coefficient (Wildman–Crippen LogP) is 8.79. The normalized spacial score (nSPS) is 15.5. The van der Waals surface area contributed by atoms with Crippen molar-refractivity contribution < 1.29 is 27.1 Å². The van der Waals surface area contributed by atoms with Gasteiger partial charge >= 0.3 is 6.18 Å². The van der Waals surface area contributed by atoms with Crippen molar-refractivity contribution in [1.82, 2.24) is 4.98 Å². The monoisotopic (exact) mass is 497 g/mol. The first kappa shape index (κ1) is 24.2. The maximum Gasteiger partial charge on any atom is 0.416 e. The number of hydrogen-bond donors (Lipinski definition) is 1. The zero-order chi connectivity index (χ0) is 25.6. The maximum absolute atomic E-state index is 16.5. The number of halogens is 5. The van der Waals surface area contributed by atoms with Crippen molar-refractivity contribution in [3.05, 3.63) is 94.4 Å². The van der Waals surface area contributed by atoms with E-state index in [9.17, 15) is 22.7 Å². The molecule has 1 unspecified atom stereocenters. The SMILES string of the molecule is Cc1cc(O)c2c(-c3ccc(F)cc3)c(C(F)c3ccc(C(F)(F)F)cc3)c(C3CCCC3)nc2c1. The summed E-state index contributed by atoms with van der Waals surface area (Å²) in [4.78, 5) is 4.83. The number of nitrogens with zero attached hydrogens (tertiary/aromatic N) is 1. The van der Waals surface area contributed by atoms with E-state index in [1.54, 1.807) is 6.07 Å². The molecule has 0 spiro atoms. The summed E-state index contributed by atoms with van der Waals surface area (Å²) in [7, 11) is 0. The molecule has 2 nitrogen and oxygen atoms in total. The zero-order valence-corrected chi connectivity index (χ0v) is 19.5. The molecule has 7 heteroatoms. The van der Waals surface area contributed by atoms with E-state index >= 15 is 4.39 Å². The van der Waals surface area contributed by atoms with Crippen LogP contribution in [0.4, 0.5) is 22.0 Å². The third-order valence-electron chi connectivity index (χ3n) is 6.94. The average molecular weight is 498 g/mol. The Morgan fingerprint density at radius 2 is 1.58 bits per heavy atom. The van der Waals surface area contributed by atoms with Crippen molar-refractivity contribution in [2.75, 3.05) is 0 Å². The number of pyridine rings is 1. The van der Waals surface area contributed by atoms with Crippen molar-refractivity contribution in [1.29, 1.82) is 0 Å². The molecule has 1 saturated carbocycles. The van der Waals surface area contributed by atoms with Gasteiger partial charge in [0.2, 0.25) is 0 Å². The molecular formula is C29H24F5NO. The molecule has 0 bridgehead atoms. The fraction of sp³-hybridized carbons (Fsp3) is 0.276. The van der Waals surface area contributed by atoms with Gasteiger partial charge in [0.1, 0.15) is 11.6 Å². The van der Waals surface area contributed by atoms with Gasteiger partial charge in [-0.1, -0.05) is 37.1 Å². The molecule has 0 saturated heterocycles. The largest absolute Gasteiger partial charge is 0.507 e. The molecule has 1 fully saturated rings. The van der Waals surface area contributed by atoms with Crippen LogP contribution in [0.25, 0.3) is 22.0 Å². The van der Waals surface area contributed by atoms with Gasteiger partial charge in [-0.25, -0.2) is 8.78 Å². The van der Waals surface area contributed by atoms with Gasteiger partial charge in [0.25, 0.3) is 0 Å². The highest BCUT2D eigenvalue weighted by Crippen LogP contribution is 2.48. The van der Waals surface area contributed by atoms with E-state index in [4.69, 9.17) is 4.98 Å². The zero-order valence-electron chi connectivity index (χ0n) is 19.5. The van der Waals surface area contributed by atoms with E-state index in [1.165, 1.54) is 24.3 Å². The fourth-order valence-electron chi connectivity index (χ4n) is 5.24. The van der Waals surface area contributed by atoms with Gasteiger partial charge in [-0.2, -0.15) is 13.2 Å². The molecule has 1 heterocycles. The standard InChI is InChI=1S/C29H24F5NO/c1-16-14-22-25(23(36)15-16)24(17-8-12-21(30)13-9-17)26(28(35-22)19-4-2-3-5-19)27(31)18-6-10-20(11-7-18)29(32,33)34/h6-15,19,27,36H,2-5H2,1H3. The second-order valence-corrected chi connectivity index (χ2v) is 9.43. The Balaban J connectivity index is 1.82. The van der Waals surface area contributed by atoms with Crippen LogP contribution in [0.2, 0.25) is 0 Å². The number of aryl methyl sites for hydroxylation is 1. The minimum absolute atomic E-state index is 0.0287. The summed E-state index contributed by atoms with van der Waals surface area (Å²) < 4.78 is 69.7. The third-order valence-corrected chi connectivity index (χ3v) is 6.94. The Bertz CT molecular complexity index is 1410. The van der Waals surface area contributed by atoms with E-state index in [0.29, 0.717) is 27.7 Å². The van der Waals surface area contributed by atoms with Crippen LogP contribution >= 0.6 is 0 Å². The fourth-order valence-corrected chi connectivity index (χ4v) is 5.24. The Hall–Kier alpha value is -3.48. The van der Waals surface area contributed by atoms with Crippen molar-refractivity contribution in [2.45, 2.75) is 50.9 Å². The number of aromatic hydroxyl groups is 1. The highest BCUT2D eigenvalue weighted by molar-refractivity contribution is 6.01. The van der Waals surface area contributed by atoms with Crippen LogP contribution in [-0.4, -0.2) is 10.1 Å². The molecule has 0 aliphatic heterocycles. The quantitative estimate of drug-likeness (QED) is 0.286. The van der Waals surface area contributed by atoms with E-state index in [2.05, 4.69) is 0 Å². The molecule has 1 aliphatic carbocycles. The van der Waals surface area contributed by atoms with Crippen LogP contribution in [0.5, 0.6) is 5.75 Å². The predicted molar refractivity (Wildman–Crippen MR) is 129 cm³/mol. The summed E-state index contributed by atoms with van der Waals surface area (Å²) in [6.07, 6.45) is -2.79. The summed E-state index contributed by atoms with van der Waals surface area (Å²) in [6, 6.07) is 12.9. The topological polar surface area (TPSA) is 33.1 Å². The van der Waals surface area contributed by atoms with Gasteiger partial charge in [0, 0.05) is 17.0 Å². The Kier molecular flexibility index (Phi) is 6.18. The average Bonchev–Trinajstić information content (AvgIpc) is 3.37. The molecule has 1 aliphatic rings. The number of hydrogen-bond acceptors (Lipinski definition) is 2. The summed E-state index contributed by atoms with van der Waals surface area (Å²) in [5, 5.41) is 11.3. The summed E-state index contributed by atoms with van der Waals surface area (Å²) in [5.74, 6) is -0.580. The second kappa shape index (κ2) is 9.19. The summed E-state index contributed by atoms with van der Waals surface area (Å²) in [5.41, 5.74) is 2.09. The number of alkyl halides is 4. The molecule has 5 rings (SSSR count). The smallest absolute Gasteiger partial charge is 0.416 e. The van der Waals surface area contributed by atoms with Gasteiger partial charge in [-0.05, 0) is 72.9 Å². The highest BCUT2D eigenvalue weighted by Gasteiger charge is 2.33. The Morgan fingerprint density at radius 1 is 0.944 bits per heavy atom. The van der Waals surface area contributed by atoms with Crippen LogP contribution in [-0.2, 0) is 6.18 Å². The summed E-state index contributed by atoms with van der Waals surface area (Å²) in [6.45, 7) is 1.82. The molecule has 1 N–H and O–H groups in total. The Labute approximate surface area is 205 Å². The molecule has 0 amide bonds. The van der Waals surface area contributed by atoms with Gasteiger partial charge in [-0.15, -0.1) is 0 Å². The van der Waals surface area contributed by atoms with E-state index in [0.717, 1.165) is 55.5 Å². The van der Waals surface area contributed by atoms with Crippen LogP contribution < -0.4 is 0 Å². The van der Waals surface area contributed by atoms with Gasteiger partial charge in [0.05, 0.1) is 22.2 Å². The van der Waals surface area contributed by atoms with Gasteiger partial charge in [0.15, 0.2) is 6.17 Å². The lowest BCUT2D eigenvalue weighted by Crippen LogP contribution is -2.10. The second-order valence-electron chi connectivity index (χ2n) is 9.43. The Morgan fingerprint density at radius 3 is 2.19 bits per heavy atom. The number of benzene rings is 3. The molecular weight excluding hydrogens is 473 g/mol. The van der Waals surface area contributed by atoms with Crippen LogP contribution in [0.3, 0.4) is 0 Å². The van der Waals surface area contributed by atoms with Crippen molar-refractivity contribution in [2.24, 2.45) is 0 Å². The van der Waals surface area contributed by atoms with Crippen molar-refractivity contribution >= 4 is 10.9 Å². The van der Waals surface area contributed by atoms with E-state index < -0.39 is 23.7 Å². The third kappa shape index (κ3) is 4.43. The number of aromatic nitrogens is 1. The first-order valence-corrected chi connectivity index (χ1v) is 11.9. The molecule has 1 aromatic heterocycles. The number of phenols is 1. The molecule has 186 valence electrons. The van der Waals surface area contributed by atoms with Crippen LogP contribution in [0.1, 0.15) is 65.7 Å². The first-order chi connectivity index (χ1) is 17.1. The molecule has 36 heavy (non-hydrogen) atoms. The van der Waals surface area contributed by atoms with Crippen molar-refractivity contribution in [3.8, 4) is 16.9 Å². The highest BCUT2D eigenvalue weighted by atomic mass is 19.4. The lowest BCUT2D eigenvalue weighted by Gasteiger charge is -2.24. The molecule has 0 radical (unpaired) electrons. The maximum atomic E-state index is 16.5. The number of phenolic OH excluding ortho intramolecular Hbond substituents is 1. The lowest BCUT2D eigenvalue weighted by molar-refractivity contribution is -0.137. The van der Waals surface area contributed by atoms with Crippen LogP contribution in [0.15, 0.2) is 60.7 Å². The number of fused-ring (bicyclic) bond motifs is 1. The van der Waals surface area contributed by atoms with E-state index in [1.807, 2.05) is 13.0 Å². The van der Waals surface area contributed by atoms with Crippen molar-refractivity contribution in [3.63, 3.8) is 0 Å². The van der Waals surface area contributed by atoms with Gasteiger partial charge in [-0.3, -0.25) is 4.98 Å². The number of rotatable bonds is 4. The van der Waals surface area contributed by atoms with E-state index in [-0.39, 0.29) is 22.8 Å². The molecule has 1 atom stereocenters. The van der Waals surface area contributed by atoms with Gasteiger partial charge < -0.3 is 5.11 Å². The molecule has 4 aromatic rings. The lowest BCUT2D eigenvalue weighted by atomic mass is 9.85. The van der Waals surface area contributed by atoms with Crippen LogP contribution in [0, 0.1) is 12.7 Å². The first-order valence-electron chi connectivity index (χ1n) is 11.9. The molecule has 3 aromatic carbocycles. The minimum Gasteiger partial charge on any atom is -0.507 e.